The number of benzene rings is 2. The number of piperazine rings is 1. The minimum absolute atomic E-state index is 0.0377. The number of thioether (sulfide) groups is 1. The lowest BCUT2D eigenvalue weighted by Gasteiger charge is -2.40. The third kappa shape index (κ3) is 7.92. The number of hydrogen-bond donors (Lipinski definition) is 4. The SMILES string of the molecule is CS[C@H]1O[C@@H](c2ccc(C)c(Cc3ccc(CCCC(=O)NC4(C(=O)N5CCN(C)CC5)CCCC4)cc3)c2)[C@H](O)[C@@H](O)[C@@H]1O. The van der Waals surface area contributed by atoms with E-state index in [1.54, 1.807) is 6.26 Å². The lowest BCUT2D eigenvalue weighted by Crippen LogP contribution is -2.61. The summed E-state index contributed by atoms with van der Waals surface area (Å²) in [5, 5.41) is 34.4. The molecule has 0 radical (unpaired) electrons. The number of aliphatic hydroxyl groups is 3. The number of carbonyl (C=O) groups excluding carboxylic acids is 2. The molecule has 1 aliphatic carbocycles. The molecule has 3 aliphatic rings. The first kappa shape index (κ1) is 33.9. The van der Waals surface area contributed by atoms with Crippen molar-refractivity contribution in [2.75, 3.05) is 39.5 Å². The molecule has 2 saturated heterocycles. The molecule has 5 rings (SSSR count). The lowest BCUT2D eigenvalue weighted by molar-refractivity contribution is -0.200. The summed E-state index contributed by atoms with van der Waals surface area (Å²) in [5.41, 5.74) is 3.94. The summed E-state index contributed by atoms with van der Waals surface area (Å²) in [7, 11) is 2.07. The molecule has 246 valence electrons. The largest absolute Gasteiger partial charge is 0.387 e. The van der Waals surface area contributed by atoms with Crippen LogP contribution in [-0.4, -0.2) is 106 Å². The molecule has 3 fully saturated rings. The molecule has 2 aliphatic heterocycles. The van der Waals surface area contributed by atoms with Crippen molar-refractivity contribution >= 4 is 23.6 Å². The van der Waals surface area contributed by atoms with Crippen molar-refractivity contribution in [3.8, 4) is 0 Å². The minimum atomic E-state index is -1.28. The normalized spacial score (nSPS) is 27.0. The maximum atomic E-state index is 13.5. The zero-order chi connectivity index (χ0) is 32.1. The van der Waals surface area contributed by atoms with Crippen LogP contribution < -0.4 is 5.32 Å². The van der Waals surface area contributed by atoms with Crippen molar-refractivity contribution < 1.29 is 29.6 Å². The molecule has 2 aromatic rings. The van der Waals surface area contributed by atoms with Gasteiger partial charge in [0.05, 0.1) is 0 Å². The predicted molar refractivity (Wildman–Crippen MR) is 176 cm³/mol. The molecule has 5 atom stereocenters. The van der Waals surface area contributed by atoms with Gasteiger partial charge in [0.2, 0.25) is 11.8 Å². The van der Waals surface area contributed by atoms with Crippen LogP contribution >= 0.6 is 11.8 Å². The maximum Gasteiger partial charge on any atom is 0.248 e. The fourth-order valence-electron chi connectivity index (χ4n) is 6.89. The Morgan fingerprint density at radius 1 is 0.956 bits per heavy atom. The van der Waals surface area contributed by atoms with Crippen molar-refractivity contribution in [3.63, 3.8) is 0 Å². The van der Waals surface area contributed by atoms with Gasteiger partial charge in [0, 0.05) is 32.6 Å². The highest BCUT2D eigenvalue weighted by molar-refractivity contribution is 7.99. The van der Waals surface area contributed by atoms with Crippen LogP contribution in [0.2, 0.25) is 0 Å². The van der Waals surface area contributed by atoms with Gasteiger partial charge in [-0.25, -0.2) is 0 Å². The van der Waals surface area contributed by atoms with Crippen LogP contribution in [0.4, 0.5) is 0 Å². The second kappa shape index (κ2) is 15.0. The van der Waals surface area contributed by atoms with Crippen LogP contribution in [0.3, 0.4) is 0 Å². The molecule has 0 bridgehead atoms. The van der Waals surface area contributed by atoms with Crippen LogP contribution in [0.15, 0.2) is 42.5 Å². The van der Waals surface area contributed by atoms with Crippen molar-refractivity contribution in [3.05, 3.63) is 70.3 Å². The van der Waals surface area contributed by atoms with Gasteiger partial charge in [-0.2, -0.15) is 0 Å². The Kier molecular flexibility index (Phi) is 11.3. The number of carbonyl (C=O) groups is 2. The van der Waals surface area contributed by atoms with Gasteiger partial charge in [-0.15, -0.1) is 11.8 Å². The van der Waals surface area contributed by atoms with Crippen molar-refractivity contribution in [1.29, 1.82) is 0 Å². The summed E-state index contributed by atoms with van der Waals surface area (Å²) in [6.45, 7) is 5.24. The Labute approximate surface area is 271 Å². The third-order valence-electron chi connectivity index (χ3n) is 9.83. The monoisotopic (exact) mass is 639 g/mol. The van der Waals surface area contributed by atoms with E-state index in [1.807, 2.05) is 30.0 Å². The van der Waals surface area contributed by atoms with Crippen LogP contribution in [-0.2, 0) is 27.2 Å². The summed E-state index contributed by atoms with van der Waals surface area (Å²) in [6.07, 6.45) is 3.41. The van der Waals surface area contributed by atoms with Gasteiger partial charge in [-0.05, 0) is 80.1 Å². The molecule has 10 heteroatoms. The molecular weight excluding hydrogens is 590 g/mol. The van der Waals surface area contributed by atoms with E-state index in [2.05, 4.69) is 41.5 Å². The number of hydrogen-bond acceptors (Lipinski definition) is 8. The van der Waals surface area contributed by atoms with E-state index in [9.17, 15) is 24.9 Å². The summed E-state index contributed by atoms with van der Waals surface area (Å²) in [6, 6.07) is 14.4. The molecule has 1 saturated carbocycles. The minimum Gasteiger partial charge on any atom is -0.387 e. The van der Waals surface area contributed by atoms with E-state index in [0.29, 0.717) is 19.3 Å². The number of ether oxygens (including phenoxy) is 1. The van der Waals surface area contributed by atoms with E-state index in [1.165, 1.54) is 11.8 Å². The number of aliphatic hydroxyl groups excluding tert-OH is 3. The van der Waals surface area contributed by atoms with Gasteiger partial charge in [-0.3, -0.25) is 9.59 Å². The number of nitrogens with zero attached hydrogens (tertiary/aromatic N) is 2. The molecule has 2 heterocycles. The van der Waals surface area contributed by atoms with Gasteiger partial charge in [-0.1, -0.05) is 55.3 Å². The number of nitrogens with one attached hydrogen (secondary N) is 1. The highest BCUT2D eigenvalue weighted by Gasteiger charge is 2.45. The molecule has 0 spiro atoms. The van der Waals surface area contributed by atoms with Crippen LogP contribution in [0.25, 0.3) is 0 Å². The van der Waals surface area contributed by atoms with Crippen LogP contribution in [0, 0.1) is 6.92 Å². The van der Waals surface area contributed by atoms with E-state index in [4.69, 9.17) is 4.74 Å². The van der Waals surface area contributed by atoms with E-state index >= 15 is 0 Å². The molecule has 0 aromatic heterocycles. The summed E-state index contributed by atoms with van der Waals surface area (Å²) < 4.78 is 5.97. The second-order valence-electron chi connectivity index (χ2n) is 13.1. The van der Waals surface area contributed by atoms with Gasteiger partial charge >= 0.3 is 0 Å². The predicted octanol–water partition coefficient (Wildman–Crippen LogP) is 2.95. The number of aryl methyl sites for hydroxylation is 2. The number of rotatable bonds is 10. The standard InChI is InChI=1S/C35H49N3O6S/c1-23-9-14-26(32-30(41)29(40)31(42)33(44-32)45-3)22-27(23)21-25-12-10-24(11-13-25)7-6-8-28(39)36-35(15-4-5-16-35)34(43)38-19-17-37(2)18-20-38/h9-14,22,29-33,40-42H,4-8,15-21H2,1-3H3,(H,36,39)/t29-,30-,31+,32+,33-/m1/s1. The van der Waals surface area contributed by atoms with Crippen molar-refractivity contribution in [2.45, 2.75) is 93.7 Å². The number of likely N-dealkylation sites (N-methyl/N-ethyl adjacent to an activating group) is 1. The average Bonchev–Trinajstić information content (AvgIpc) is 3.51. The van der Waals surface area contributed by atoms with Crippen molar-refractivity contribution in [1.82, 2.24) is 15.1 Å². The van der Waals surface area contributed by atoms with Gasteiger partial charge < -0.3 is 35.2 Å². The van der Waals surface area contributed by atoms with Gasteiger partial charge in [0.1, 0.15) is 35.4 Å². The van der Waals surface area contributed by atoms with E-state index in [-0.39, 0.29) is 11.8 Å². The Hall–Kier alpha value is -2.47. The van der Waals surface area contributed by atoms with Crippen LogP contribution in [0.5, 0.6) is 0 Å². The van der Waals surface area contributed by atoms with E-state index in [0.717, 1.165) is 86.1 Å². The lowest BCUT2D eigenvalue weighted by atomic mass is 9.91. The summed E-state index contributed by atoms with van der Waals surface area (Å²) in [5.74, 6) is 0.0603. The first-order chi connectivity index (χ1) is 21.6. The average molecular weight is 640 g/mol. The van der Waals surface area contributed by atoms with Gasteiger partial charge in [0.15, 0.2) is 0 Å². The molecule has 2 aromatic carbocycles. The smallest absolute Gasteiger partial charge is 0.248 e. The highest BCUT2D eigenvalue weighted by atomic mass is 32.2. The Balaban J connectivity index is 1.14. The van der Waals surface area contributed by atoms with Gasteiger partial charge in [0.25, 0.3) is 0 Å². The van der Waals surface area contributed by atoms with Crippen molar-refractivity contribution in [2.24, 2.45) is 0 Å². The molecule has 4 N–H and O–H groups in total. The molecule has 45 heavy (non-hydrogen) atoms. The maximum absolute atomic E-state index is 13.5. The summed E-state index contributed by atoms with van der Waals surface area (Å²) >= 11 is 1.31. The second-order valence-corrected chi connectivity index (χ2v) is 14.0. The zero-order valence-electron chi connectivity index (χ0n) is 26.8. The first-order valence-corrected chi connectivity index (χ1v) is 17.6. The quantitative estimate of drug-likeness (QED) is 0.313. The molecule has 9 nitrogen and oxygen atoms in total. The molecule has 2 amide bonds. The van der Waals surface area contributed by atoms with Crippen LogP contribution in [0.1, 0.15) is 72.4 Å². The first-order valence-electron chi connectivity index (χ1n) is 16.3. The Bertz CT molecular complexity index is 1310. The summed E-state index contributed by atoms with van der Waals surface area (Å²) in [4.78, 5) is 30.6. The highest BCUT2D eigenvalue weighted by Crippen LogP contribution is 2.37. The fraction of sp³-hybridized carbons (Fsp3) is 0.600. The fourth-order valence-corrected chi connectivity index (χ4v) is 7.56. The Morgan fingerprint density at radius 3 is 2.29 bits per heavy atom. The third-order valence-corrected chi connectivity index (χ3v) is 10.7. The molecule has 0 unspecified atom stereocenters. The van der Waals surface area contributed by atoms with E-state index < -0.39 is 35.4 Å². The zero-order valence-corrected chi connectivity index (χ0v) is 27.6. The topological polar surface area (TPSA) is 123 Å². The Morgan fingerprint density at radius 2 is 1.62 bits per heavy atom. The molecular formula is C35H49N3O6S. The number of amides is 2.